The van der Waals surface area contributed by atoms with Gasteiger partial charge in [-0.2, -0.15) is 0 Å². The van der Waals surface area contributed by atoms with Crippen LogP contribution < -0.4 is 0 Å². The maximum Gasteiger partial charge on any atom is 0.210 e. The molecule has 0 spiro atoms. The van der Waals surface area contributed by atoms with Gasteiger partial charge in [0, 0.05) is 13.1 Å². The van der Waals surface area contributed by atoms with E-state index in [1.54, 1.807) is 0 Å². The monoisotopic (exact) mass is 98.1 g/mol. The molecule has 0 aromatic rings. The number of amides is 1. The van der Waals surface area contributed by atoms with Crippen molar-refractivity contribution in [2.75, 3.05) is 0 Å². The Morgan fingerprint density at radius 1 is 1.71 bits per heavy atom. The quantitative estimate of drug-likeness (QED) is 0.458. The molecule has 39 valence electrons. The molecule has 1 saturated carbocycles. The summed E-state index contributed by atoms with van der Waals surface area (Å²) in [4.78, 5) is 11.3. The lowest BCUT2D eigenvalue weighted by molar-refractivity contribution is -0.116. The Morgan fingerprint density at radius 2 is 2.29 bits per heavy atom. The van der Waals surface area contributed by atoms with Crippen molar-refractivity contribution in [2.24, 2.45) is 0 Å². The summed E-state index contributed by atoms with van der Waals surface area (Å²) in [7, 11) is 3.48. The van der Waals surface area contributed by atoms with E-state index >= 15 is 0 Å². The van der Waals surface area contributed by atoms with Gasteiger partial charge in [0.25, 0.3) is 0 Å². The number of hydrogen-bond donors (Lipinski definition) is 0. The zero-order valence-corrected chi connectivity index (χ0v) is 4.13. The van der Waals surface area contributed by atoms with Gasteiger partial charge in [-0.3, -0.25) is 4.79 Å². The van der Waals surface area contributed by atoms with Crippen LogP contribution in [-0.4, -0.2) is 17.4 Å². The van der Waals surface area contributed by atoms with Gasteiger partial charge in [-0.15, -0.1) is 0 Å². The van der Waals surface area contributed by atoms with Crippen LogP contribution in [0.3, 0.4) is 0 Å². The summed E-state index contributed by atoms with van der Waals surface area (Å²) in [5.41, 5.74) is 0. The molecule has 1 rings (SSSR count). The average molecular weight is 98.1 g/mol. The molecule has 0 atom stereocenters. The fraction of sp³-hybridized carbons (Fsp3) is 0.600. The van der Waals surface area contributed by atoms with Gasteiger partial charge in [0.1, 0.15) is 0 Å². The van der Waals surface area contributed by atoms with E-state index in [0.29, 0.717) is 6.04 Å². The van der Waals surface area contributed by atoms with Crippen LogP contribution in [0.4, 0.5) is 0 Å². The normalized spacial score (nSPS) is 19.0. The van der Waals surface area contributed by atoms with Crippen molar-refractivity contribution >= 4 is 6.41 Å². The van der Waals surface area contributed by atoms with Crippen molar-refractivity contribution in [2.45, 2.75) is 18.9 Å². The molecule has 1 fully saturated rings. The van der Waals surface area contributed by atoms with Crippen LogP contribution in [0, 0.1) is 7.05 Å². The molecule has 0 bridgehead atoms. The second kappa shape index (κ2) is 1.52. The minimum absolute atomic E-state index is 0.470. The molecule has 0 aromatic heterocycles. The lowest BCUT2D eigenvalue weighted by atomic mass is 10.6. The summed E-state index contributed by atoms with van der Waals surface area (Å²) in [5.74, 6) is 0. The topological polar surface area (TPSA) is 20.3 Å². The van der Waals surface area contributed by atoms with Crippen LogP contribution in [0.15, 0.2) is 0 Å². The molecule has 0 aromatic carbocycles. The number of rotatable bonds is 2. The van der Waals surface area contributed by atoms with Crippen molar-refractivity contribution < 1.29 is 4.79 Å². The fourth-order valence-corrected chi connectivity index (χ4v) is 0.492. The Labute approximate surface area is 43.1 Å². The van der Waals surface area contributed by atoms with Crippen LogP contribution in [0.5, 0.6) is 0 Å². The number of nitrogens with zero attached hydrogens (tertiary/aromatic N) is 1. The SMILES string of the molecule is [CH2]N(C=O)C1CC1. The van der Waals surface area contributed by atoms with E-state index in [9.17, 15) is 4.79 Å². The summed E-state index contributed by atoms with van der Waals surface area (Å²) >= 11 is 0. The van der Waals surface area contributed by atoms with Crippen LogP contribution >= 0.6 is 0 Å². The number of carbonyl (C=O) groups is 1. The first-order valence-electron chi connectivity index (χ1n) is 2.38. The van der Waals surface area contributed by atoms with E-state index in [2.05, 4.69) is 7.05 Å². The Hall–Kier alpha value is -0.530. The first-order valence-corrected chi connectivity index (χ1v) is 2.38. The van der Waals surface area contributed by atoms with Gasteiger partial charge in [0.05, 0.1) is 0 Å². The number of carbonyl (C=O) groups excluding carboxylic acids is 1. The Balaban J connectivity index is 2.22. The van der Waals surface area contributed by atoms with Gasteiger partial charge in [0.2, 0.25) is 6.41 Å². The molecule has 0 unspecified atom stereocenters. The molecule has 1 aliphatic carbocycles. The lowest BCUT2D eigenvalue weighted by Gasteiger charge is -2.04. The second-order valence-electron chi connectivity index (χ2n) is 1.85. The molecule has 1 amide bonds. The van der Waals surface area contributed by atoms with E-state index in [1.807, 2.05) is 0 Å². The highest BCUT2D eigenvalue weighted by atomic mass is 16.1. The third-order valence-electron chi connectivity index (χ3n) is 1.15. The molecule has 0 saturated heterocycles. The predicted octanol–water partition coefficient (Wildman–Crippen LogP) is 0.399. The van der Waals surface area contributed by atoms with Gasteiger partial charge < -0.3 is 4.90 Å². The molecule has 0 N–H and O–H groups in total. The van der Waals surface area contributed by atoms with E-state index in [-0.39, 0.29) is 0 Å². The summed E-state index contributed by atoms with van der Waals surface area (Å²) in [6.07, 6.45) is 3.06. The minimum Gasteiger partial charge on any atom is -0.341 e. The third kappa shape index (κ3) is 0.918. The summed E-state index contributed by atoms with van der Waals surface area (Å²) in [6, 6.07) is 0.470. The molecule has 2 heteroatoms. The third-order valence-corrected chi connectivity index (χ3v) is 1.15. The smallest absolute Gasteiger partial charge is 0.210 e. The molecule has 0 aliphatic heterocycles. The van der Waals surface area contributed by atoms with Crippen LogP contribution in [0.25, 0.3) is 0 Å². The van der Waals surface area contributed by atoms with Crippen molar-refractivity contribution in [3.63, 3.8) is 0 Å². The summed E-state index contributed by atoms with van der Waals surface area (Å²) in [6.45, 7) is 0. The van der Waals surface area contributed by atoms with Crippen LogP contribution in [0.1, 0.15) is 12.8 Å². The summed E-state index contributed by atoms with van der Waals surface area (Å²) in [5, 5.41) is 0. The highest BCUT2D eigenvalue weighted by molar-refractivity contribution is 5.48. The maximum absolute atomic E-state index is 9.85. The molecule has 7 heavy (non-hydrogen) atoms. The van der Waals surface area contributed by atoms with Crippen molar-refractivity contribution in [3.05, 3.63) is 7.05 Å². The average Bonchev–Trinajstić information content (AvgIpc) is 2.44. The maximum atomic E-state index is 9.85. The van der Waals surface area contributed by atoms with Gasteiger partial charge in [-0.05, 0) is 12.8 Å². The fourth-order valence-electron chi connectivity index (χ4n) is 0.492. The lowest BCUT2D eigenvalue weighted by Crippen LogP contribution is -2.14. The van der Waals surface area contributed by atoms with E-state index in [1.165, 1.54) is 4.90 Å². The highest BCUT2D eigenvalue weighted by Crippen LogP contribution is 2.24. The van der Waals surface area contributed by atoms with Gasteiger partial charge >= 0.3 is 0 Å². The molecular weight excluding hydrogens is 90.1 g/mol. The largest absolute Gasteiger partial charge is 0.341 e. The molecular formula is C5H8NO. The standard InChI is InChI=1S/C5H8NO/c1-6(4-7)5-2-3-5/h4-5H,1-3H2. The van der Waals surface area contributed by atoms with Crippen LogP contribution in [0.2, 0.25) is 0 Å². The zero-order valence-electron chi connectivity index (χ0n) is 4.13. The highest BCUT2D eigenvalue weighted by Gasteiger charge is 2.24. The summed E-state index contributed by atoms with van der Waals surface area (Å²) < 4.78 is 0. The van der Waals surface area contributed by atoms with Crippen molar-refractivity contribution in [1.82, 2.24) is 4.90 Å². The number of hydrogen-bond acceptors (Lipinski definition) is 1. The van der Waals surface area contributed by atoms with E-state index in [0.717, 1.165) is 19.3 Å². The molecule has 1 radical (unpaired) electrons. The van der Waals surface area contributed by atoms with Crippen molar-refractivity contribution in [3.8, 4) is 0 Å². The molecule has 1 aliphatic rings. The zero-order chi connectivity index (χ0) is 5.28. The van der Waals surface area contributed by atoms with E-state index in [4.69, 9.17) is 0 Å². The second-order valence-corrected chi connectivity index (χ2v) is 1.85. The Kier molecular flexibility index (Phi) is 1.01. The minimum atomic E-state index is 0.470. The Morgan fingerprint density at radius 3 is 2.43 bits per heavy atom. The first kappa shape index (κ1) is 4.62. The van der Waals surface area contributed by atoms with Crippen molar-refractivity contribution in [1.29, 1.82) is 0 Å². The Bertz CT molecular complexity index is 78.1. The van der Waals surface area contributed by atoms with Gasteiger partial charge in [-0.1, -0.05) is 0 Å². The van der Waals surface area contributed by atoms with Gasteiger partial charge in [-0.25, -0.2) is 0 Å². The van der Waals surface area contributed by atoms with Crippen LogP contribution in [-0.2, 0) is 4.79 Å². The predicted molar refractivity (Wildman–Crippen MR) is 26.3 cm³/mol. The van der Waals surface area contributed by atoms with Gasteiger partial charge in [0.15, 0.2) is 0 Å². The molecule has 2 nitrogen and oxygen atoms in total. The molecule has 0 heterocycles. The first-order chi connectivity index (χ1) is 3.34. The van der Waals surface area contributed by atoms with E-state index < -0.39 is 0 Å².